The largest absolute Gasteiger partial charge is 0.366 e. The monoisotopic (exact) mass is 234 g/mol. The molecule has 17 heavy (non-hydrogen) atoms. The van der Waals surface area contributed by atoms with E-state index in [-0.39, 0.29) is 5.41 Å². The van der Waals surface area contributed by atoms with Gasteiger partial charge in [-0.2, -0.15) is 0 Å². The van der Waals surface area contributed by atoms with Crippen molar-refractivity contribution in [1.29, 1.82) is 0 Å². The number of piperidine rings is 1. The molecular formula is C13H22N4. The maximum absolute atomic E-state index is 4.59. The van der Waals surface area contributed by atoms with E-state index in [0.717, 1.165) is 24.7 Å². The van der Waals surface area contributed by atoms with Crippen LogP contribution in [0.4, 0.5) is 5.82 Å². The summed E-state index contributed by atoms with van der Waals surface area (Å²) in [7, 11) is 0. The van der Waals surface area contributed by atoms with E-state index in [1.54, 1.807) is 0 Å². The fourth-order valence-corrected chi connectivity index (χ4v) is 1.98. The molecule has 0 aromatic carbocycles. The minimum absolute atomic E-state index is 0.00248. The first-order valence-corrected chi connectivity index (χ1v) is 6.36. The second-order valence-corrected chi connectivity index (χ2v) is 5.70. The van der Waals surface area contributed by atoms with Crippen LogP contribution < -0.4 is 10.6 Å². The highest BCUT2D eigenvalue weighted by Gasteiger charge is 2.18. The van der Waals surface area contributed by atoms with Gasteiger partial charge in [0.15, 0.2) is 0 Å². The van der Waals surface area contributed by atoms with E-state index in [0.29, 0.717) is 6.04 Å². The number of hydrogen-bond donors (Lipinski definition) is 2. The molecule has 1 aromatic rings. The van der Waals surface area contributed by atoms with E-state index in [9.17, 15) is 0 Å². The normalized spacial score (nSPS) is 21.2. The quantitative estimate of drug-likeness (QED) is 0.821. The first-order valence-electron chi connectivity index (χ1n) is 6.36. The summed E-state index contributed by atoms with van der Waals surface area (Å²) < 4.78 is 0. The molecule has 1 atom stereocenters. The molecule has 2 N–H and O–H groups in total. The summed E-state index contributed by atoms with van der Waals surface area (Å²) >= 11 is 0. The number of nitrogens with zero attached hydrogens (tertiary/aromatic N) is 2. The van der Waals surface area contributed by atoms with Gasteiger partial charge in [0, 0.05) is 24.2 Å². The highest BCUT2D eigenvalue weighted by molar-refractivity contribution is 5.35. The fraction of sp³-hybridized carbons (Fsp3) is 0.692. The second-order valence-electron chi connectivity index (χ2n) is 5.70. The van der Waals surface area contributed by atoms with Crippen LogP contribution in [0.15, 0.2) is 12.3 Å². The molecule has 2 rings (SSSR count). The van der Waals surface area contributed by atoms with Crippen molar-refractivity contribution >= 4 is 5.82 Å². The van der Waals surface area contributed by atoms with Crippen LogP contribution >= 0.6 is 0 Å². The van der Waals surface area contributed by atoms with Crippen molar-refractivity contribution in [1.82, 2.24) is 15.3 Å². The van der Waals surface area contributed by atoms with Gasteiger partial charge in [0.05, 0.1) is 0 Å². The summed E-state index contributed by atoms with van der Waals surface area (Å²) in [5.74, 6) is 1.84. The lowest BCUT2D eigenvalue weighted by molar-refractivity contribution is 0.477. The van der Waals surface area contributed by atoms with Crippen molar-refractivity contribution in [2.24, 2.45) is 0 Å². The molecule has 4 heteroatoms. The maximum Gasteiger partial charge on any atom is 0.135 e. The summed E-state index contributed by atoms with van der Waals surface area (Å²) in [4.78, 5) is 8.93. The molecule has 1 saturated heterocycles. The number of nitrogens with one attached hydrogen (secondary N) is 2. The Bertz CT molecular complexity index is 364. The molecule has 2 heterocycles. The third-order valence-electron chi connectivity index (χ3n) is 2.98. The zero-order valence-corrected chi connectivity index (χ0v) is 11.0. The molecule has 0 radical (unpaired) electrons. The van der Waals surface area contributed by atoms with Gasteiger partial charge >= 0.3 is 0 Å². The highest BCUT2D eigenvalue weighted by atomic mass is 15.1. The molecule has 0 bridgehead atoms. The van der Waals surface area contributed by atoms with E-state index in [1.807, 2.05) is 12.3 Å². The molecule has 4 nitrogen and oxygen atoms in total. The molecule has 0 saturated carbocycles. The molecule has 1 unspecified atom stereocenters. The van der Waals surface area contributed by atoms with Gasteiger partial charge in [-0.05, 0) is 25.5 Å². The first kappa shape index (κ1) is 12.3. The summed E-state index contributed by atoms with van der Waals surface area (Å²) in [6.45, 7) is 8.56. The van der Waals surface area contributed by atoms with Crippen LogP contribution in [0.2, 0.25) is 0 Å². The Kier molecular flexibility index (Phi) is 3.62. The smallest absolute Gasteiger partial charge is 0.135 e. The lowest BCUT2D eigenvalue weighted by Gasteiger charge is -2.25. The van der Waals surface area contributed by atoms with E-state index in [4.69, 9.17) is 0 Å². The molecule has 0 aliphatic carbocycles. The lowest BCUT2D eigenvalue weighted by atomic mass is 9.96. The topological polar surface area (TPSA) is 49.8 Å². The van der Waals surface area contributed by atoms with Crippen molar-refractivity contribution in [3.63, 3.8) is 0 Å². The Balaban J connectivity index is 2.05. The standard InChI is InChI=1S/C13H22N4/c1-13(2,3)12-15-8-6-11(17-12)16-10-5-4-7-14-9-10/h6,8,10,14H,4-5,7,9H2,1-3H3,(H,15,16,17). The number of anilines is 1. The Hall–Kier alpha value is -1.16. The van der Waals surface area contributed by atoms with E-state index in [2.05, 4.69) is 41.4 Å². The molecule has 0 spiro atoms. The fourth-order valence-electron chi connectivity index (χ4n) is 1.98. The van der Waals surface area contributed by atoms with Gasteiger partial charge in [-0.15, -0.1) is 0 Å². The van der Waals surface area contributed by atoms with Gasteiger partial charge in [0.1, 0.15) is 11.6 Å². The van der Waals surface area contributed by atoms with Crippen LogP contribution in [0.1, 0.15) is 39.4 Å². The first-order chi connectivity index (χ1) is 8.05. The molecule has 1 fully saturated rings. The molecular weight excluding hydrogens is 212 g/mol. The molecule has 1 aliphatic rings. The predicted molar refractivity (Wildman–Crippen MR) is 70.2 cm³/mol. The molecule has 94 valence electrons. The zero-order valence-electron chi connectivity index (χ0n) is 11.0. The summed E-state index contributed by atoms with van der Waals surface area (Å²) in [5, 5.41) is 6.87. The highest BCUT2D eigenvalue weighted by Crippen LogP contribution is 2.19. The van der Waals surface area contributed by atoms with Crippen LogP contribution in [0, 0.1) is 0 Å². The third-order valence-corrected chi connectivity index (χ3v) is 2.98. The Morgan fingerprint density at radius 2 is 2.24 bits per heavy atom. The van der Waals surface area contributed by atoms with Crippen LogP contribution in [-0.2, 0) is 5.41 Å². The zero-order chi connectivity index (χ0) is 12.3. The van der Waals surface area contributed by atoms with Gasteiger partial charge in [0.2, 0.25) is 0 Å². The summed E-state index contributed by atoms with van der Waals surface area (Å²) in [5.41, 5.74) is 0.00248. The van der Waals surface area contributed by atoms with Crippen molar-refractivity contribution in [2.75, 3.05) is 18.4 Å². The Morgan fingerprint density at radius 3 is 2.88 bits per heavy atom. The number of aromatic nitrogens is 2. The second kappa shape index (κ2) is 5.00. The van der Waals surface area contributed by atoms with Crippen LogP contribution in [-0.4, -0.2) is 29.1 Å². The molecule has 1 aliphatic heterocycles. The van der Waals surface area contributed by atoms with E-state index >= 15 is 0 Å². The summed E-state index contributed by atoms with van der Waals surface area (Å²) in [6.07, 6.45) is 4.28. The van der Waals surface area contributed by atoms with Crippen molar-refractivity contribution in [2.45, 2.75) is 45.1 Å². The van der Waals surface area contributed by atoms with Gasteiger partial charge in [-0.3, -0.25) is 0 Å². The number of rotatable bonds is 2. The predicted octanol–water partition coefficient (Wildman–Crippen LogP) is 1.94. The lowest BCUT2D eigenvalue weighted by Crippen LogP contribution is -2.38. The maximum atomic E-state index is 4.59. The SMILES string of the molecule is CC(C)(C)c1nccc(NC2CCCNC2)n1. The minimum atomic E-state index is 0.00248. The Morgan fingerprint density at radius 1 is 1.41 bits per heavy atom. The van der Waals surface area contributed by atoms with Crippen molar-refractivity contribution in [3.8, 4) is 0 Å². The van der Waals surface area contributed by atoms with Crippen molar-refractivity contribution < 1.29 is 0 Å². The van der Waals surface area contributed by atoms with Crippen molar-refractivity contribution in [3.05, 3.63) is 18.1 Å². The van der Waals surface area contributed by atoms with E-state index in [1.165, 1.54) is 12.8 Å². The van der Waals surface area contributed by atoms with Crippen LogP contribution in [0.5, 0.6) is 0 Å². The van der Waals surface area contributed by atoms with E-state index < -0.39 is 0 Å². The average Bonchev–Trinajstić information content (AvgIpc) is 2.29. The minimum Gasteiger partial charge on any atom is -0.366 e. The van der Waals surface area contributed by atoms with Gasteiger partial charge < -0.3 is 10.6 Å². The molecule has 1 aromatic heterocycles. The number of hydrogen-bond acceptors (Lipinski definition) is 4. The summed E-state index contributed by atoms with van der Waals surface area (Å²) in [6, 6.07) is 2.44. The molecule has 0 amide bonds. The Labute approximate surface area is 103 Å². The van der Waals surface area contributed by atoms with Gasteiger partial charge in [0.25, 0.3) is 0 Å². The third kappa shape index (κ3) is 3.40. The van der Waals surface area contributed by atoms with Gasteiger partial charge in [-0.25, -0.2) is 9.97 Å². The van der Waals surface area contributed by atoms with Crippen LogP contribution in [0.25, 0.3) is 0 Å². The van der Waals surface area contributed by atoms with Crippen LogP contribution in [0.3, 0.4) is 0 Å². The van der Waals surface area contributed by atoms with Gasteiger partial charge in [-0.1, -0.05) is 20.8 Å². The average molecular weight is 234 g/mol.